The maximum Gasteiger partial charge on any atom is 0.325 e. The lowest BCUT2D eigenvalue weighted by Gasteiger charge is -2.31. The summed E-state index contributed by atoms with van der Waals surface area (Å²) in [6, 6.07) is 0.414. The minimum Gasteiger partial charge on any atom is -0.480 e. The molecule has 2 rings (SSSR count). The Kier molecular flexibility index (Phi) is 4.56. The number of carbonyl (C=O) groups is 1. The van der Waals surface area contributed by atoms with Crippen molar-refractivity contribution in [2.24, 2.45) is 11.8 Å². The molecule has 0 aromatic carbocycles. The van der Waals surface area contributed by atoms with Crippen LogP contribution in [-0.4, -0.2) is 45.9 Å². The smallest absolute Gasteiger partial charge is 0.325 e. The topological polar surface area (TPSA) is 69.6 Å². The van der Waals surface area contributed by atoms with Crippen molar-refractivity contribution in [3.05, 3.63) is 0 Å². The number of aliphatic hydroxyl groups is 1. The van der Waals surface area contributed by atoms with Gasteiger partial charge in [-0.25, -0.2) is 0 Å². The fourth-order valence-corrected chi connectivity index (χ4v) is 3.61. The predicted molar refractivity (Wildman–Crippen MR) is 72.8 cm³/mol. The number of hydrogen-bond donors (Lipinski definition) is 3. The van der Waals surface area contributed by atoms with E-state index in [9.17, 15) is 9.90 Å². The van der Waals surface area contributed by atoms with E-state index in [4.69, 9.17) is 5.11 Å². The molecule has 2 atom stereocenters. The summed E-state index contributed by atoms with van der Waals surface area (Å²) in [6.07, 6.45) is 4.28. The molecule has 0 aromatic rings. The van der Waals surface area contributed by atoms with Crippen LogP contribution < -0.4 is 5.32 Å². The van der Waals surface area contributed by atoms with E-state index in [2.05, 4.69) is 5.32 Å². The van der Waals surface area contributed by atoms with Gasteiger partial charge in [-0.1, -0.05) is 6.92 Å². The van der Waals surface area contributed by atoms with Crippen molar-refractivity contribution in [1.82, 2.24) is 5.32 Å². The molecule has 0 amide bonds. The van der Waals surface area contributed by atoms with Crippen LogP contribution in [0, 0.1) is 11.8 Å². The van der Waals surface area contributed by atoms with Crippen LogP contribution in [0.2, 0.25) is 0 Å². The van der Waals surface area contributed by atoms with E-state index < -0.39 is 11.5 Å². The lowest BCUT2D eigenvalue weighted by atomic mass is 9.95. The van der Waals surface area contributed by atoms with Gasteiger partial charge in [0.25, 0.3) is 0 Å². The van der Waals surface area contributed by atoms with E-state index in [0.29, 0.717) is 17.7 Å². The van der Waals surface area contributed by atoms with Crippen LogP contribution in [0.15, 0.2) is 0 Å². The number of aliphatic hydroxyl groups excluding tert-OH is 1. The molecule has 2 fully saturated rings. The quantitative estimate of drug-likeness (QED) is 0.591. The van der Waals surface area contributed by atoms with Crippen molar-refractivity contribution in [1.29, 1.82) is 0 Å². The van der Waals surface area contributed by atoms with Crippen molar-refractivity contribution in [3.63, 3.8) is 0 Å². The molecular weight excluding hydrogens is 250 g/mol. The zero-order valence-electron chi connectivity index (χ0n) is 10.9. The maximum absolute atomic E-state index is 11.7. The highest BCUT2D eigenvalue weighted by Crippen LogP contribution is 2.43. The normalized spacial score (nSPS) is 24.6. The number of carboxylic acids is 1. The van der Waals surface area contributed by atoms with E-state index in [0.717, 1.165) is 31.4 Å². The summed E-state index contributed by atoms with van der Waals surface area (Å²) < 4.78 is 0. The first-order valence-corrected chi connectivity index (χ1v) is 7.93. The number of thioether (sulfide) groups is 1. The van der Waals surface area contributed by atoms with E-state index in [1.54, 1.807) is 11.8 Å². The predicted octanol–water partition coefficient (Wildman–Crippen LogP) is 1.33. The SMILES string of the molecule is CC(CO)CSCC(NC1CC1)(C(=O)O)C1CC1. The molecule has 0 bridgehead atoms. The minimum atomic E-state index is -0.721. The highest BCUT2D eigenvalue weighted by atomic mass is 32.2. The van der Waals surface area contributed by atoms with Crippen LogP contribution in [0.3, 0.4) is 0 Å². The Balaban J connectivity index is 1.92. The molecule has 2 unspecified atom stereocenters. The number of carboxylic acid groups (broad SMARTS) is 1. The second kappa shape index (κ2) is 5.80. The lowest BCUT2D eigenvalue weighted by Crippen LogP contribution is -2.57. The Hall–Kier alpha value is -0.260. The minimum absolute atomic E-state index is 0.173. The summed E-state index contributed by atoms with van der Waals surface area (Å²) in [4.78, 5) is 11.7. The first kappa shape index (κ1) is 14.2. The van der Waals surface area contributed by atoms with Gasteiger partial charge in [0, 0.05) is 18.4 Å². The lowest BCUT2D eigenvalue weighted by molar-refractivity contribution is -0.145. The van der Waals surface area contributed by atoms with Crippen LogP contribution in [0.25, 0.3) is 0 Å². The molecule has 0 aromatic heterocycles. The zero-order valence-corrected chi connectivity index (χ0v) is 11.7. The number of aliphatic carboxylic acids is 1. The highest BCUT2D eigenvalue weighted by molar-refractivity contribution is 7.99. The van der Waals surface area contributed by atoms with Gasteiger partial charge in [0.1, 0.15) is 5.54 Å². The molecule has 2 aliphatic carbocycles. The summed E-state index contributed by atoms with van der Waals surface area (Å²) in [5.41, 5.74) is -0.721. The van der Waals surface area contributed by atoms with Gasteiger partial charge in [0.05, 0.1) is 0 Å². The van der Waals surface area contributed by atoms with E-state index in [1.165, 1.54) is 0 Å². The highest BCUT2D eigenvalue weighted by Gasteiger charge is 2.53. The summed E-state index contributed by atoms with van der Waals surface area (Å²) in [7, 11) is 0. The van der Waals surface area contributed by atoms with Crippen LogP contribution in [0.1, 0.15) is 32.6 Å². The molecule has 2 aliphatic rings. The maximum atomic E-state index is 11.7. The Labute approximate surface area is 113 Å². The Morgan fingerprint density at radius 3 is 2.56 bits per heavy atom. The van der Waals surface area contributed by atoms with Crippen LogP contribution in [0.4, 0.5) is 0 Å². The molecule has 0 saturated heterocycles. The molecule has 2 saturated carbocycles. The molecule has 104 valence electrons. The number of hydrogen-bond acceptors (Lipinski definition) is 4. The Bertz CT molecular complexity index is 305. The molecule has 3 N–H and O–H groups in total. The van der Waals surface area contributed by atoms with Crippen LogP contribution in [-0.2, 0) is 4.79 Å². The molecule has 0 aliphatic heterocycles. The summed E-state index contributed by atoms with van der Waals surface area (Å²) in [5, 5.41) is 22.0. The standard InChI is InChI=1S/C13H23NO3S/c1-9(6-15)7-18-8-13(12(16)17,10-2-3-10)14-11-4-5-11/h9-11,14-15H,2-8H2,1H3,(H,16,17). The van der Waals surface area contributed by atoms with Gasteiger partial charge in [-0.05, 0) is 43.3 Å². The van der Waals surface area contributed by atoms with Gasteiger partial charge < -0.3 is 10.2 Å². The van der Waals surface area contributed by atoms with Gasteiger partial charge in [-0.3, -0.25) is 10.1 Å². The van der Waals surface area contributed by atoms with Crippen LogP contribution >= 0.6 is 11.8 Å². The molecule has 0 radical (unpaired) electrons. The molecule has 0 heterocycles. The van der Waals surface area contributed by atoms with Gasteiger partial charge in [0.15, 0.2) is 0 Å². The van der Waals surface area contributed by atoms with Crippen molar-refractivity contribution in [2.75, 3.05) is 18.1 Å². The zero-order chi connectivity index (χ0) is 13.2. The average Bonchev–Trinajstić information content (AvgIpc) is 3.18. The second-order valence-corrected chi connectivity index (χ2v) is 6.80. The molecule has 4 nitrogen and oxygen atoms in total. The molecule has 18 heavy (non-hydrogen) atoms. The van der Waals surface area contributed by atoms with Gasteiger partial charge in [-0.2, -0.15) is 11.8 Å². The first-order valence-electron chi connectivity index (χ1n) is 6.78. The second-order valence-electron chi connectivity index (χ2n) is 5.77. The van der Waals surface area contributed by atoms with Gasteiger partial charge in [-0.15, -0.1) is 0 Å². The Morgan fingerprint density at radius 2 is 2.11 bits per heavy atom. The van der Waals surface area contributed by atoms with Crippen molar-refractivity contribution >= 4 is 17.7 Å². The van der Waals surface area contributed by atoms with E-state index in [-0.39, 0.29) is 12.5 Å². The average molecular weight is 273 g/mol. The Morgan fingerprint density at radius 1 is 1.44 bits per heavy atom. The monoisotopic (exact) mass is 273 g/mol. The van der Waals surface area contributed by atoms with Crippen molar-refractivity contribution in [2.45, 2.75) is 44.2 Å². The molecule has 0 spiro atoms. The van der Waals surface area contributed by atoms with Crippen molar-refractivity contribution in [3.8, 4) is 0 Å². The first-order chi connectivity index (χ1) is 8.58. The fourth-order valence-electron chi connectivity index (χ4n) is 2.22. The van der Waals surface area contributed by atoms with Crippen LogP contribution in [0.5, 0.6) is 0 Å². The molecular formula is C13H23NO3S. The third-order valence-electron chi connectivity index (χ3n) is 3.74. The summed E-state index contributed by atoms with van der Waals surface area (Å²) in [5.74, 6) is 1.29. The third-order valence-corrected chi connectivity index (χ3v) is 5.20. The third kappa shape index (κ3) is 3.39. The van der Waals surface area contributed by atoms with Gasteiger partial charge in [0.2, 0.25) is 0 Å². The van der Waals surface area contributed by atoms with Crippen molar-refractivity contribution < 1.29 is 15.0 Å². The summed E-state index contributed by atoms with van der Waals surface area (Å²) in [6.45, 7) is 2.16. The summed E-state index contributed by atoms with van der Waals surface area (Å²) >= 11 is 1.66. The van der Waals surface area contributed by atoms with E-state index >= 15 is 0 Å². The number of rotatable bonds is 9. The van der Waals surface area contributed by atoms with Gasteiger partial charge >= 0.3 is 5.97 Å². The van der Waals surface area contributed by atoms with E-state index in [1.807, 2.05) is 6.92 Å². The molecule has 5 heteroatoms. The largest absolute Gasteiger partial charge is 0.480 e. The number of nitrogens with one attached hydrogen (secondary N) is 1. The fraction of sp³-hybridized carbons (Fsp3) is 0.923.